The highest BCUT2D eigenvalue weighted by atomic mass is 127. The Morgan fingerprint density at radius 2 is 2.29 bits per heavy atom. The maximum atomic E-state index is 9.26. The van der Waals surface area contributed by atoms with Crippen LogP contribution >= 0.6 is 24.0 Å². The Hall–Kier alpha value is -1.13. The summed E-state index contributed by atoms with van der Waals surface area (Å²) in [6.45, 7) is 2.97. The van der Waals surface area contributed by atoms with Gasteiger partial charge in [-0.2, -0.15) is 0 Å². The number of aliphatic hydroxyl groups excluding tert-OH is 1. The van der Waals surface area contributed by atoms with Gasteiger partial charge in [-0.3, -0.25) is 4.99 Å². The second-order valence-electron chi connectivity index (χ2n) is 5.76. The number of ether oxygens (including phenoxy) is 2. The van der Waals surface area contributed by atoms with Gasteiger partial charge in [0.1, 0.15) is 0 Å². The first kappa shape index (κ1) is 20.9. The molecule has 3 N–H and O–H groups in total. The molecule has 0 aliphatic carbocycles. The number of hydrogen-bond acceptors (Lipinski definition) is 5. The van der Waals surface area contributed by atoms with Crippen LogP contribution in [0.4, 0.5) is 0 Å². The van der Waals surface area contributed by atoms with Crippen LogP contribution in [-0.4, -0.2) is 56.6 Å². The SMILES string of the molecule is CN=C(NCc1ccc(OC)nc1)NCC1(CCO)CCOC1.I. The lowest BCUT2D eigenvalue weighted by Gasteiger charge is -2.27. The lowest BCUT2D eigenvalue weighted by Crippen LogP contribution is -2.44. The minimum Gasteiger partial charge on any atom is -0.481 e. The number of nitrogens with one attached hydrogen (secondary N) is 2. The fourth-order valence-corrected chi connectivity index (χ4v) is 2.63. The van der Waals surface area contributed by atoms with Gasteiger partial charge >= 0.3 is 0 Å². The summed E-state index contributed by atoms with van der Waals surface area (Å²) < 4.78 is 10.5. The molecule has 1 fully saturated rings. The average Bonchev–Trinajstić information content (AvgIpc) is 3.05. The van der Waals surface area contributed by atoms with Crippen LogP contribution in [0.3, 0.4) is 0 Å². The summed E-state index contributed by atoms with van der Waals surface area (Å²) in [5.74, 6) is 1.33. The van der Waals surface area contributed by atoms with Gasteiger partial charge in [-0.1, -0.05) is 6.07 Å². The monoisotopic (exact) mass is 450 g/mol. The van der Waals surface area contributed by atoms with Crippen molar-refractivity contribution in [3.05, 3.63) is 23.9 Å². The molecule has 1 saturated heterocycles. The molecule has 7 nitrogen and oxygen atoms in total. The van der Waals surface area contributed by atoms with E-state index in [-0.39, 0.29) is 36.0 Å². The van der Waals surface area contributed by atoms with Crippen molar-refractivity contribution in [2.75, 3.05) is 40.5 Å². The van der Waals surface area contributed by atoms with Crippen molar-refractivity contribution < 1.29 is 14.6 Å². The highest BCUT2D eigenvalue weighted by Gasteiger charge is 2.34. The van der Waals surface area contributed by atoms with Gasteiger partial charge in [0.05, 0.1) is 13.7 Å². The number of nitrogens with zero attached hydrogens (tertiary/aromatic N) is 2. The van der Waals surface area contributed by atoms with E-state index >= 15 is 0 Å². The molecule has 1 atom stereocenters. The largest absolute Gasteiger partial charge is 0.481 e. The van der Waals surface area contributed by atoms with Crippen LogP contribution < -0.4 is 15.4 Å². The van der Waals surface area contributed by atoms with E-state index in [0.29, 0.717) is 19.0 Å². The first-order chi connectivity index (χ1) is 11.2. The first-order valence-electron chi connectivity index (χ1n) is 7.83. The molecule has 24 heavy (non-hydrogen) atoms. The predicted molar refractivity (Wildman–Crippen MR) is 104 cm³/mol. The van der Waals surface area contributed by atoms with E-state index in [4.69, 9.17) is 9.47 Å². The van der Waals surface area contributed by atoms with Crippen molar-refractivity contribution in [1.82, 2.24) is 15.6 Å². The molecule has 2 rings (SSSR count). The second kappa shape index (κ2) is 10.7. The third-order valence-corrected chi connectivity index (χ3v) is 4.15. The van der Waals surface area contributed by atoms with Crippen molar-refractivity contribution in [3.63, 3.8) is 0 Å². The summed E-state index contributed by atoms with van der Waals surface area (Å²) >= 11 is 0. The second-order valence-corrected chi connectivity index (χ2v) is 5.76. The van der Waals surface area contributed by atoms with E-state index in [9.17, 15) is 5.11 Å². The zero-order valence-electron chi connectivity index (χ0n) is 14.2. The van der Waals surface area contributed by atoms with Gasteiger partial charge in [-0.25, -0.2) is 4.98 Å². The molecule has 0 saturated carbocycles. The fraction of sp³-hybridized carbons (Fsp3) is 0.625. The molecule has 1 aromatic rings. The summed E-state index contributed by atoms with van der Waals surface area (Å²) in [7, 11) is 3.34. The minimum absolute atomic E-state index is 0. The molecule has 1 unspecified atom stereocenters. The van der Waals surface area contributed by atoms with Crippen LogP contribution in [0.15, 0.2) is 23.3 Å². The smallest absolute Gasteiger partial charge is 0.212 e. The van der Waals surface area contributed by atoms with Crippen LogP contribution in [0.25, 0.3) is 0 Å². The van der Waals surface area contributed by atoms with Gasteiger partial charge in [0.25, 0.3) is 0 Å². The molecular formula is C16H27IN4O3. The first-order valence-corrected chi connectivity index (χ1v) is 7.83. The van der Waals surface area contributed by atoms with E-state index < -0.39 is 0 Å². The summed E-state index contributed by atoms with van der Waals surface area (Å²) in [6, 6.07) is 3.80. The third-order valence-electron chi connectivity index (χ3n) is 4.15. The lowest BCUT2D eigenvalue weighted by molar-refractivity contribution is 0.127. The average molecular weight is 450 g/mol. The zero-order chi connectivity index (χ0) is 16.5. The number of aromatic nitrogens is 1. The lowest BCUT2D eigenvalue weighted by atomic mass is 9.84. The quantitative estimate of drug-likeness (QED) is 0.329. The maximum absolute atomic E-state index is 9.26. The Morgan fingerprint density at radius 1 is 1.46 bits per heavy atom. The molecule has 1 aliphatic rings. The van der Waals surface area contributed by atoms with Crippen LogP contribution in [-0.2, 0) is 11.3 Å². The van der Waals surface area contributed by atoms with Gasteiger partial charge in [0.15, 0.2) is 5.96 Å². The number of guanidine groups is 1. The number of rotatable bonds is 7. The molecule has 8 heteroatoms. The molecule has 136 valence electrons. The molecule has 1 aliphatic heterocycles. The summed E-state index contributed by atoms with van der Waals surface area (Å²) in [4.78, 5) is 8.41. The zero-order valence-corrected chi connectivity index (χ0v) is 16.6. The van der Waals surface area contributed by atoms with E-state index in [1.807, 2.05) is 12.1 Å². The molecule has 0 spiro atoms. The fourth-order valence-electron chi connectivity index (χ4n) is 2.63. The number of pyridine rings is 1. The van der Waals surface area contributed by atoms with Crippen LogP contribution in [0, 0.1) is 5.41 Å². The number of aliphatic imine (C=N–C) groups is 1. The summed E-state index contributed by atoms with van der Waals surface area (Å²) in [5.41, 5.74) is 1.04. The van der Waals surface area contributed by atoms with E-state index in [0.717, 1.165) is 37.5 Å². The van der Waals surface area contributed by atoms with Crippen molar-refractivity contribution in [3.8, 4) is 5.88 Å². The Bertz CT molecular complexity index is 505. The van der Waals surface area contributed by atoms with E-state index in [1.54, 1.807) is 20.4 Å². The summed E-state index contributed by atoms with van der Waals surface area (Å²) in [6.07, 6.45) is 3.47. The Balaban J connectivity index is 0.00000288. The minimum atomic E-state index is -0.00591. The maximum Gasteiger partial charge on any atom is 0.212 e. The Labute approximate surface area is 160 Å². The summed E-state index contributed by atoms with van der Waals surface area (Å²) in [5, 5.41) is 15.9. The Morgan fingerprint density at radius 3 is 2.83 bits per heavy atom. The molecule has 0 radical (unpaired) electrons. The van der Waals surface area contributed by atoms with Gasteiger partial charge < -0.3 is 25.2 Å². The standard InChI is InChI=1S/C16H26N4O3.HI/c1-17-15(19-10-13-3-4-14(22-2)18-9-13)20-11-16(5-7-21)6-8-23-12-16;/h3-4,9,21H,5-8,10-12H2,1-2H3,(H2,17,19,20);1H. The normalized spacial score (nSPS) is 20.4. The molecular weight excluding hydrogens is 423 g/mol. The van der Waals surface area contributed by atoms with Gasteiger partial charge in [0.2, 0.25) is 5.88 Å². The molecule has 2 heterocycles. The van der Waals surface area contributed by atoms with Gasteiger partial charge in [0, 0.05) is 51.0 Å². The van der Waals surface area contributed by atoms with Gasteiger partial charge in [-0.15, -0.1) is 24.0 Å². The van der Waals surface area contributed by atoms with Crippen molar-refractivity contribution in [1.29, 1.82) is 0 Å². The van der Waals surface area contributed by atoms with Crippen LogP contribution in [0.5, 0.6) is 5.88 Å². The highest BCUT2D eigenvalue weighted by molar-refractivity contribution is 14.0. The number of aliphatic hydroxyl groups is 1. The van der Waals surface area contributed by atoms with Crippen LogP contribution in [0.2, 0.25) is 0 Å². The van der Waals surface area contributed by atoms with E-state index in [2.05, 4.69) is 20.6 Å². The number of hydrogen-bond donors (Lipinski definition) is 3. The third kappa shape index (κ3) is 6.06. The molecule has 0 bridgehead atoms. The van der Waals surface area contributed by atoms with E-state index in [1.165, 1.54) is 0 Å². The number of methoxy groups -OCH3 is 1. The number of halogens is 1. The van der Waals surface area contributed by atoms with Crippen molar-refractivity contribution in [2.45, 2.75) is 19.4 Å². The van der Waals surface area contributed by atoms with Crippen LogP contribution in [0.1, 0.15) is 18.4 Å². The van der Waals surface area contributed by atoms with Crippen molar-refractivity contribution in [2.24, 2.45) is 10.4 Å². The molecule has 1 aromatic heterocycles. The molecule has 0 aromatic carbocycles. The highest BCUT2D eigenvalue weighted by Crippen LogP contribution is 2.31. The topological polar surface area (TPSA) is 88.0 Å². The van der Waals surface area contributed by atoms with Gasteiger partial charge in [-0.05, 0) is 18.4 Å². The van der Waals surface area contributed by atoms with Crippen molar-refractivity contribution >= 4 is 29.9 Å². The predicted octanol–water partition coefficient (Wildman–Crippen LogP) is 1.16. The molecule has 0 amide bonds. The Kier molecular flexibility index (Phi) is 9.30.